The zero-order valence-corrected chi connectivity index (χ0v) is 13.3. The molecule has 1 aliphatic carbocycles. The van der Waals surface area contributed by atoms with Crippen molar-refractivity contribution in [1.82, 2.24) is 5.32 Å². The van der Waals surface area contributed by atoms with Crippen LogP contribution in [0.2, 0.25) is 0 Å². The van der Waals surface area contributed by atoms with Crippen LogP contribution < -0.4 is 10.1 Å². The van der Waals surface area contributed by atoms with Crippen molar-refractivity contribution in [2.75, 3.05) is 7.11 Å². The lowest BCUT2D eigenvalue weighted by atomic mass is 10.1. The molecule has 1 atom stereocenters. The van der Waals surface area contributed by atoms with Crippen LogP contribution in [0.5, 0.6) is 11.5 Å². The van der Waals surface area contributed by atoms with Gasteiger partial charge in [-0.25, -0.2) is 0 Å². The fourth-order valence-corrected chi connectivity index (χ4v) is 4.06. The van der Waals surface area contributed by atoms with Crippen molar-refractivity contribution in [3.8, 4) is 11.5 Å². The predicted octanol–water partition coefficient (Wildman–Crippen LogP) is 3.80. The Morgan fingerprint density at radius 1 is 1.33 bits per heavy atom. The summed E-state index contributed by atoms with van der Waals surface area (Å²) in [6.45, 7) is 2.91. The highest BCUT2D eigenvalue weighted by Crippen LogP contribution is 2.32. The van der Waals surface area contributed by atoms with Crippen molar-refractivity contribution in [3.05, 3.63) is 45.1 Å². The maximum Gasteiger partial charge on any atom is 0.120 e. The fourth-order valence-electron chi connectivity index (χ4n) is 2.85. The van der Waals surface area contributed by atoms with Gasteiger partial charge < -0.3 is 15.2 Å². The molecule has 0 fully saturated rings. The molecular formula is C17H21NO2S. The molecule has 1 aromatic carbocycles. The molecule has 2 N–H and O–H groups in total. The van der Waals surface area contributed by atoms with Crippen LogP contribution in [0.4, 0.5) is 0 Å². The zero-order valence-electron chi connectivity index (χ0n) is 12.5. The molecule has 0 aliphatic heterocycles. The highest BCUT2D eigenvalue weighted by Gasteiger charge is 2.16. The second kappa shape index (κ2) is 6.08. The normalized spacial score (nSPS) is 15.0. The van der Waals surface area contributed by atoms with Crippen LogP contribution in [0.25, 0.3) is 0 Å². The summed E-state index contributed by atoms with van der Waals surface area (Å²) >= 11 is 1.92. The molecule has 0 saturated heterocycles. The highest BCUT2D eigenvalue weighted by molar-refractivity contribution is 7.12. The topological polar surface area (TPSA) is 41.5 Å². The lowest BCUT2D eigenvalue weighted by molar-refractivity contribution is 0.407. The smallest absolute Gasteiger partial charge is 0.120 e. The molecule has 0 saturated carbocycles. The largest absolute Gasteiger partial charge is 0.508 e. The number of hydrogen-bond acceptors (Lipinski definition) is 4. The number of ether oxygens (including phenoxy) is 1. The summed E-state index contributed by atoms with van der Waals surface area (Å²) in [7, 11) is 1.64. The molecule has 3 rings (SSSR count). The van der Waals surface area contributed by atoms with Crippen LogP contribution in [-0.4, -0.2) is 12.2 Å². The Hall–Kier alpha value is -1.52. The summed E-state index contributed by atoms with van der Waals surface area (Å²) < 4.78 is 5.23. The molecule has 21 heavy (non-hydrogen) atoms. The van der Waals surface area contributed by atoms with E-state index in [9.17, 15) is 5.11 Å². The molecule has 3 nitrogen and oxygen atoms in total. The van der Waals surface area contributed by atoms with Gasteiger partial charge in [-0.1, -0.05) is 0 Å². The molecule has 4 heteroatoms. The number of phenols is 1. The molecule has 1 heterocycles. The molecule has 0 amide bonds. The first-order valence-corrected chi connectivity index (χ1v) is 8.20. The Kier molecular flexibility index (Phi) is 4.17. The van der Waals surface area contributed by atoms with Gasteiger partial charge in [0.2, 0.25) is 0 Å². The maximum absolute atomic E-state index is 10.0. The standard InChI is InChI=1S/C17H21NO2S/c1-11(15-9-13(20-2)6-7-16(15)19)18-10-14-8-12-4-3-5-17(12)21-14/h6-9,11,18-19H,3-5,10H2,1-2H3. The summed E-state index contributed by atoms with van der Waals surface area (Å²) in [6.07, 6.45) is 3.78. The molecule has 1 aromatic heterocycles. The predicted molar refractivity (Wildman–Crippen MR) is 86.3 cm³/mol. The first kappa shape index (κ1) is 14.4. The van der Waals surface area contributed by atoms with E-state index in [1.165, 1.54) is 29.7 Å². The molecular weight excluding hydrogens is 282 g/mol. The van der Waals surface area contributed by atoms with Crippen molar-refractivity contribution in [1.29, 1.82) is 0 Å². The molecule has 0 spiro atoms. The third kappa shape index (κ3) is 3.06. The Morgan fingerprint density at radius 2 is 2.19 bits per heavy atom. The lowest BCUT2D eigenvalue weighted by Crippen LogP contribution is -2.17. The quantitative estimate of drug-likeness (QED) is 0.882. The zero-order chi connectivity index (χ0) is 14.8. The van der Waals surface area contributed by atoms with Gasteiger partial charge in [0, 0.05) is 27.9 Å². The average molecular weight is 303 g/mol. The second-order valence-corrected chi connectivity index (χ2v) is 6.76. The van der Waals surface area contributed by atoms with Gasteiger partial charge in [0.1, 0.15) is 11.5 Å². The number of aryl methyl sites for hydroxylation is 2. The summed E-state index contributed by atoms with van der Waals surface area (Å²) in [5.41, 5.74) is 2.41. The SMILES string of the molecule is COc1ccc(O)c(C(C)NCc2cc3c(s2)CCC3)c1. The number of aromatic hydroxyl groups is 1. The third-order valence-electron chi connectivity index (χ3n) is 4.08. The Bertz CT molecular complexity index is 614. The van der Waals surface area contributed by atoms with Crippen molar-refractivity contribution in [3.63, 3.8) is 0 Å². The van der Waals surface area contributed by atoms with Crippen molar-refractivity contribution in [2.45, 2.75) is 38.8 Å². The minimum Gasteiger partial charge on any atom is -0.508 e. The van der Waals surface area contributed by atoms with Crippen molar-refractivity contribution >= 4 is 11.3 Å². The maximum atomic E-state index is 10.0. The van der Waals surface area contributed by atoms with Crippen LogP contribution in [0.3, 0.4) is 0 Å². The van der Waals surface area contributed by atoms with Crippen LogP contribution in [0, 0.1) is 0 Å². The van der Waals surface area contributed by atoms with Crippen molar-refractivity contribution in [2.24, 2.45) is 0 Å². The Labute approximate surface area is 129 Å². The van der Waals surface area contributed by atoms with Crippen LogP contribution in [0.1, 0.15) is 40.3 Å². The summed E-state index contributed by atoms with van der Waals surface area (Å²) in [6, 6.07) is 7.76. The second-order valence-electron chi connectivity index (χ2n) is 5.54. The highest BCUT2D eigenvalue weighted by atomic mass is 32.1. The van der Waals surface area contributed by atoms with E-state index in [1.807, 2.05) is 17.4 Å². The molecule has 2 aromatic rings. The van der Waals surface area contributed by atoms with Gasteiger partial charge in [-0.15, -0.1) is 11.3 Å². The summed E-state index contributed by atoms with van der Waals surface area (Å²) in [5.74, 6) is 1.08. The van der Waals surface area contributed by atoms with Gasteiger partial charge in [0.05, 0.1) is 7.11 Å². The van der Waals surface area contributed by atoms with E-state index in [0.29, 0.717) is 5.75 Å². The number of methoxy groups -OCH3 is 1. The van der Waals surface area contributed by atoms with Crippen LogP contribution >= 0.6 is 11.3 Å². The first-order chi connectivity index (χ1) is 10.2. The monoisotopic (exact) mass is 303 g/mol. The Balaban J connectivity index is 1.67. The van der Waals surface area contributed by atoms with E-state index in [-0.39, 0.29) is 6.04 Å². The van der Waals surface area contributed by atoms with Gasteiger partial charge in [-0.3, -0.25) is 0 Å². The van der Waals surface area contributed by atoms with E-state index in [0.717, 1.165) is 17.9 Å². The first-order valence-electron chi connectivity index (χ1n) is 7.38. The van der Waals surface area contributed by atoms with Crippen molar-refractivity contribution < 1.29 is 9.84 Å². The van der Waals surface area contributed by atoms with Gasteiger partial charge in [-0.2, -0.15) is 0 Å². The number of phenolic OH excluding ortho intramolecular Hbond substituents is 1. The number of benzene rings is 1. The number of hydrogen-bond donors (Lipinski definition) is 2. The van der Waals surface area contributed by atoms with Gasteiger partial charge in [-0.05, 0) is 56.0 Å². The third-order valence-corrected chi connectivity index (χ3v) is 5.32. The summed E-state index contributed by atoms with van der Waals surface area (Å²) in [5, 5.41) is 13.5. The molecule has 1 unspecified atom stereocenters. The number of fused-ring (bicyclic) bond motifs is 1. The van der Waals surface area contributed by atoms with Crippen LogP contribution in [-0.2, 0) is 19.4 Å². The van der Waals surface area contributed by atoms with E-state index < -0.39 is 0 Å². The molecule has 112 valence electrons. The van der Waals surface area contributed by atoms with E-state index in [4.69, 9.17) is 4.74 Å². The van der Waals surface area contributed by atoms with E-state index in [2.05, 4.69) is 18.3 Å². The summed E-state index contributed by atoms with van der Waals surface area (Å²) in [4.78, 5) is 2.94. The van der Waals surface area contributed by atoms with Gasteiger partial charge in [0.25, 0.3) is 0 Å². The fraction of sp³-hybridized carbons (Fsp3) is 0.412. The lowest BCUT2D eigenvalue weighted by Gasteiger charge is -2.16. The minimum atomic E-state index is 0.0806. The molecule has 0 radical (unpaired) electrons. The molecule has 0 bridgehead atoms. The van der Waals surface area contributed by atoms with Crippen LogP contribution in [0.15, 0.2) is 24.3 Å². The number of thiophene rings is 1. The number of nitrogens with one attached hydrogen (secondary N) is 1. The number of rotatable bonds is 5. The average Bonchev–Trinajstić information content (AvgIpc) is 3.06. The molecule has 1 aliphatic rings. The van der Waals surface area contributed by atoms with E-state index >= 15 is 0 Å². The van der Waals surface area contributed by atoms with E-state index in [1.54, 1.807) is 24.1 Å². The Morgan fingerprint density at radius 3 is 2.95 bits per heavy atom. The van der Waals surface area contributed by atoms with Gasteiger partial charge >= 0.3 is 0 Å². The van der Waals surface area contributed by atoms with Gasteiger partial charge in [0.15, 0.2) is 0 Å². The minimum absolute atomic E-state index is 0.0806.